The SMILES string of the molecule is S=C(NCC1(c2cccc(Cl)c2)CCCCC1)Nc1cnc(Br)cn1. The number of thiocarbonyl (C=S) groups is 1. The number of rotatable bonds is 4. The average molecular weight is 440 g/mol. The molecular formula is C18H20BrClN4S. The number of nitrogens with zero attached hydrogens (tertiary/aromatic N) is 2. The summed E-state index contributed by atoms with van der Waals surface area (Å²) in [5.41, 5.74) is 1.36. The molecule has 1 aliphatic rings. The highest BCUT2D eigenvalue weighted by Crippen LogP contribution is 2.39. The molecule has 1 saturated carbocycles. The lowest BCUT2D eigenvalue weighted by Gasteiger charge is -2.38. The molecule has 7 heteroatoms. The molecule has 2 aromatic rings. The summed E-state index contributed by atoms with van der Waals surface area (Å²) in [4.78, 5) is 8.38. The Morgan fingerprint density at radius 1 is 1.20 bits per heavy atom. The minimum atomic E-state index is 0.0697. The lowest BCUT2D eigenvalue weighted by atomic mass is 9.69. The average Bonchev–Trinajstić information content (AvgIpc) is 2.63. The summed E-state index contributed by atoms with van der Waals surface area (Å²) in [6.45, 7) is 0.781. The first-order valence-corrected chi connectivity index (χ1v) is 9.94. The summed E-state index contributed by atoms with van der Waals surface area (Å²) >= 11 is 14.9. The Morgan fingerprint density at radius 3 is 2.68 bits per heavy atom. The van der Waals surface area contributed by atoms with E-state index in [1.807, 2.05) is 12.1 Å². The van der Waals surface area contributed by atoms with Crippen molar-refractivity contribution in [2.75, 3.05) is 11.9 Å². The predicted octanol–water partition coefficient (Wildman–Crippen LogP) is 5.08. The van der Waals surface area contributed by atoms with Crippen molar-refractivity contribution in [3.63, 3.8) is 0 Å². The van der Waals surface area contributed by atoms with Gasteiger partial charge in [-0.2, -0.15) is 0 Å². The molecule has 1 heterocycles. The lowest BCUT2D eigenvalue weighted by molar-refractivity contribution is 0.292. The van der Waals surface area contributed by atoms with E-state index in [2.05, 4.69) is 48.7 Å². The van der Waals surface area contributed by atoms with E-state index < -0.39 is 0 Å². The van der Waals surface area contributed by atoms with Crippen LogP contribution in [0.4, 0.5) is 5.82 Å². The van der Waals surface area contributed by atoms with Gasteiger partial charge in [0.2, 0.25) is 0 Å². The fraction of sp³-hybridized carbons (Fsp3) is 0.389. The van der Waals surface area contributed by atoms with Crippen LogP contribution in [0.25, 0.3) is 0 Å². The first-order chi connectivity index (χ1) is 12.1. The van der Waals surface area contributed by atoms with Gasteiger partial charge in [0.1, 0.15) is 4.60 Å². The van der Waals surface area contributed by atoms with E-state index in [0.717, 1.165) is 24.4 Å². The molecule has 1 aromatic heterocycles. The summed E-state index contributed by atoms with van der Waals surface area (Å²) in [7, 11) is 0. The summed E-state index contributed by atoms with van der Waals surface area (Å²) in [6, 6.07) is 8.22. The van der Waals surface area contributed by atoms with Gasteiger partial charge in [-0.05, 0) is 58.7 Å². The van der Waals surface area contributed by atoms with Gasteiger partial charge in [0.25, 0.3) is 0 Å². The highest BCUT2D eigenvalue weighted by molar-refractivity contribution is 9.10. The Morgan fingerprint density at radius 2 is 2.00 bits per heavy atom. The van der Waals surface area contributed by atoms with Gasteiger partial charge in [-0.1, -0.05) is 43.0 Å². The number of halogens is 2. The number of benzene rings is 1. The highest BCUT2D eigenvalue weighted by Gasteiger charge is 2.34. The molecule has 3 rings (SSSR count). The lowest BCUT2D eigenvalue weighted by Crippen LogP contribution is -2.43. The Hall–Kier alpha value is -1.24. The van der Waals surface area contributed by atoms with Gasteiger partial charge < -0.3 is 10.6 Å². The Balaban J connectivity index is 1.68. The summed E-state index contributed by atoms with van der Waals surface area (Å²) in [5, 5.41) is 7.80. The van der Waals surface area contributed by atoms with Crippen molar-refractivity contribution < 1.29 is 0 Å². The van der Waals surface area contributed by atoms with Gasteiger partial charge in [-0.15, -0.1) is 0 Å². The standard InChI is InChI=1S/C18H20BrClN4S/c19-15-10-22-16(11-21-15)24-17(25)23-12-18(7-2-1-3-8-18)13-5-4-6-14(20)9-13/h4-6,9-11H,1-3,7-8,12H2,(H2,22,23,24,25). The van der Waals surface area contributed by atoms with Crippen molar-refractivity contribution in [2.45, 2.75) is 37.5 Å². The minimum absolute atomic E-state index is 0.0697. The fourth-order valence-electron chi connectivity index (χ4n) is 3.40. The quantitative estimate of drug-likeness (QED) is 0.651. The van der Waals surface area contributed by atoms with Gasteiger partial charge >= 0.3 is 0 Å². The Labute approximate surface area is 166 Å². The molecule has 1 fully saturated rings. The van der Waals surface area contributed by atoms with Gasteiger partial charge in [0, 0.05) is 17.0 Å². The van der Waals surface area contributed by atoms with Crippen molar-refractivity contribution in [1.82, 2.24) is 15.3 Å². The second kappa shape index (κ2) is 8.43. The van der Waals surface area contributed by atoms with Gasteiger partial charge in [-0.25, -0.2) is 9.97 Å². The van der Waals surface area contributed by atoms with Crippen LogP contribution in [0.1, 0.15) is 37.7 Å². The molecule has 4 nitrogen and oxygen atoms in total. The van der Waals surface area contributed by atoms with E-state index >= 15 is 0 Å². The number of hydrogen-bond acceptors (Lipinski definition) is 3. The molecule has 0 saturated heterocycles. The molecule has 0 amide bonds. The molecule has 0 aliphatic heterocycles. The third-order valence-electron chi connectivity index (χ3n) is 4.70. The summed E-state index contributed by atoms with van der Waals surface area (Å²) in [5.74, 6) is 0.626. The maximum absolute atomic E-state index is 6.23. The number of nitrogens with one attached hydrogen (secondary N) is 2. The van der Waals surface area contributed by atoms with Crippen LogP contribution < -0.4 is 10.6 Å². The van der Waals surface area contributed by atoms with E-state index in [1.165, 1.54) is 24.8 Å². The van der Waals surface area contributed by atoms with Gasteiger partial charge in [0.15, 0.2) is 10.9 Å². The molecule has 2 N–H and O–H groups in total. The monoisotopic (exact) mass is 438 g/mol. The molecular weight excluding hydrogens is 420 g/mol. The molecule has 0 bridgehead atoms. The predicted molar refractivity (Wildman–Crippen MR) is 110 cm³/mol. The van der Waals surface area contributed by atoms with Crippen LogP contribution in [-0.4, -0.2) is 21.6 Å². The Bertz CT molecular complexity index is 732. The van der Waals surface area contributed by atoms with Crippen LogP contribution in [0.3, 0.4) is 0 Å². The van der Waals surface area contributed by atoms with Crippen LogP contribution in [0.15, 0.2) is 41.3 Å². The smallest absolute Gasteiger partial charge is 0.172 e. The first-order valence-electron chi connectivity index (χ1n) is 8.36. The van der Waals surface area contributed by atoms with Crippen molar-refractivity contribution in [3.05, 3.63) is 51.8 Å². The van der Waals surface area contributed by atoms with E-state index in [0.29, 0.717) is 15.5 Å². The topological polar surface area (TPSA) is 49.8 Å². The van der Waals surface area contributed by atoms with Gasteiger partial charge in [0.05, 0.1) is 12.4 Å². The Kier molecular flexibility index (Phi) is 6.25. The van der Waals surface area contributed by atoms with Crippen LogP contribution in [0, 0.1) is 0 Å². The summed E-state index contributed by atoms with van der Waals surface area (Å²) in [6.07, 6.45) is 9.31. The van der Waals surface area contributed by atoms with Crippen LogP contribution in [0.5, 0.6) is 0 Å². The second-order valence-electron chi connectivity index (χ2n) is 6.38. The zero-order valence-corrected chi connectivity index (χ0v) is 16.9. The maximum Gasteiger partial charge on any atom is 0.172 e. The van der Waals surface area contributed by atoms with Crippen molar-refractivity contribution in [2.24, 2.45) is 0 Å². The molecule has 0 spiro atoms. The number of anilines is 1. The third kappa shape index (κ3) is 4.90. The molecule has 132 valence electrons. The molecule has 25 heavy (non-hydrogen) atoms. The van der Waals surface area contributed by atoms with Crippen molar-refractivity contribution in [1.29, 1.82) is 0 Å². The van der Waals surface area contributed by atoms with Crippen molar-refractivity contribution in [3.8, 4) is 0 Å². The molecule has 1 aliphatic carbocycles. The van der Waals surface area contributed by atoms with Crippen LogP contribution in [-0.2, 0) is 5.41 Å². The molecule has 0 unspecified atom stereocenters. The zero-order valence-electron chi connectivity index (χ0n) is 13.8. The zero-order chi connectivity index (χ0) is 17.7. The van der Waals surface area contributed by atoms with E-state index in [9.17, 15) is 0 Å². The molecule has 0 radical (unpaired) electrons. The fourth-order valence-corrected chi connectivity index (χ4v) is 3.97. The molecule has 0 atom stereocenters. The number of aromatic nitrogens is 2. The first kappa shape index (κ1) is 18.5. The maximum atomic E-state index is 6.23. The normalized spacial score (nSPS) is 16.2. The van der Waals surface area contributed by atoms with E-state index in [4.69, 9.17) is 23.8 Å². The van der Waals surface area contributed by atoms with Gasteiger partial charge in [-0.3, -0.25) is 0 Å². The van der Waals surface area contributed by atoms with Crippen LogP contribution in [0.2, 0.25) is 5.02 Å². The minimum Gasteiger partial charge on any atom is -0.362 e. The second-order valence-corrected chi connectivity index (χ2v) is 8.04. The largest absolute Gasteiger partial charge is 0.362 e. The molecule has 1 aromatic carbocycles. The summed E-state index contributed by atoms with van der Waals surface area (Å²) < 4.78 is 0.694. The highest BCUT2D eigenvalue weighted by atomic mass is 79.9. The van der Waals surface area contributed by atoms with E-state index in [-0.39, 0.29) is 5.41 Å². The third-order valence-corrected chi connectivity index (χ3v) is 5.59. The number of hydrogen-bond donors (Lipinski definition) is 2. The van der Waals surface area contributed by atoms with E-state index in [1.54, 1.807) is 12.4 Å². The van der Waals surface area contributed by atoms with Crippen LogP contribution >= 0.6 is 39.7 Å². The van der Waals surface area contributed by atoms with Crippen molar-refractivity contribution >= 4 is 50.7 Å².